The number of hydrogen-bond donors (Lipinski definition) is 0. The average molecular weight is 289 g/mol. The highest BCUT2D eigenvalue weighted by molar-refractivity contribution is 5.88. The number of fused-ring (bicyclic) bond motifs is 3. The molecule has 2 aliphatic rings. The third-order valence-corrected chi connectivity index (χ3v) is 4.46. The van der Waals surface area contributed by atoms with Crippen molar-refractivity contribution in [3.05, 3.63) is 24.3 Å². The number of benzene rings is 1. The molecule has 0 radical (unpaired) electrons. The third-order valence-electron chi connectivity index (χ3n) is 4.46. The Morgan fingerprint density at radius 2 is 2.14 bits per heavy atom. The van der Waals surface area contributed by atoms with Gasteiger partial charge in [-0.05, 0) is 30.9 Å². The first-order chi connectivity index (χ1) is 9.90. The molecule has 0 amide bonds. The molecule has 0 N–H and O–H groups in total. The van der Waals surface area contributed by atoms with Crippen molar-refractivity contribution in [1.82, 2.24) is 0 Å². The molecule has 0 unspecified atom stereocenters. The molecular formula is C17H23NO3. The number of ether oxygens (including phenoxy) is 2. The minimum Gasteiger partial charge on any atom is -0.462 e. The molecule has 2 heterocycles. The van der Waals surface area contributed by atoms with Crippen molar-refractivity contribution in [2.45, 2.75) is 52.3 Å². The molecule has 0 saturated carbocycles. The van der Waals surface area contributed by atoms with Gasteiger partial charge >= 0.3 is 5.97 Å². The summed E-state index contributed by atoms with van der Waals surface area (Å²) in [7, 11) is 0. The van der Waals surface area contributed by atoms with Gasteiger partial charge in [0, 0.05) is 12.5 Å². The van der Waals surface area contributed by atoms with Crippen LogP contribution in [0, 0.1) is 5.41 Å². The van der Waals surface area contributed by atoms with E-state index < -0.39 is 5.72 Å². The van der Waals surface area contributed by atoms with Gasteiger partial charge < -0.3 is 14.4 Å². The Bertz CT molecular complexity index is 563. The van der Waals surface area contributed by atoms with E-state index in [2.05, 4.69) is 25.7 Å². The summed E-state index contributed by atoms with van der Waals surface area (Å²) < 4.78 is 11.4. The van der Waals surface area contributed by atoms with E-state index in [1.807, 2.05) is 31.2 Å². The Labute approximate surface area is 126 Å². The molecule has 0 aliphatic carbocycles. The fraction of sp³-hybridized carbons (Fsp3) is 0.588. The van der Waals surface area contributed by atoms with Crippen molar-refractivity contribution in [2.75, 3.05) is 11.5 Å². The average Bonchev–Trinajstić information content (AvgIpc) is 2.93. The molecule has 4 nitrogen and oxygen atoms in total. The topological polar surface area (TPSA) is 38.8 Å². The second-order valence-electron chi connectivity index (χ2n) is 6.87. The Morgan fingerprint density at radius 1 is 1.43 bits per heavy atom. The first kappa shape index (κ1) is 14.2. The lowest BCUT2D eigenvalue weighted by molar-refractivity contribution is -0.159. The first-order valence-electron chi connectivity index (χ1n) is 7.65. The summed E-state index contributed by atoms with van der Waals surface area (Å²) in [6.45, 7) is 8.82. The molecule has 1 aromatic carbocycles. The molecule has 1 aromatic rings. The first-order valence-corrected chi connectivity index (χ1v) is 7.65. The van der Waals surface area contributed by atoms with Gasteiger partial charge in [0.15, 0.2) is 0 Å². The van der Waals surface area contributed by atoms with Crippen LogP contribution >= 0.6 is 0 Å². The Kier molecular flexibility index (Phi) is 3.15. The van der Waals surface area contributed by atoms with Gasteiger partial charge in [0.1, 0.15) is 5.75 Å². The lowest BCUT2D eigenvalue weighted by atomic mass is 9.85. The second-order valence-corrected chi connectivity index (χ2v) is 6.87. The summed E-state index contributed by atoms with van der Waals surface area (Å²) in [5.41, 5.74) is 0.0927. The maximum atomic E-state index is 12.6. The van der Waals surface area contributed by atoms with Crippen LogP contribution in [0.2, 0.25) is 0 Å². The quantitative estimate of drug-likeness (QED) is 0.783. The highest BCUT2D eigenvalue weighted by atomic mass is 16.6. The van der Waals surface area contributed by atoms with Gasteiger partial charge in [-0.15, -0.1) is 0 Å². The van der Waals surface area contributed by atoms with Gasteiger partial charge in [0.25, 0.3) is 5.72 Å². The Hall–Kier alpha value is -1.71. The van der Waals surface area contributed by atoms with E-state index in [0.717, 1.165) is 17.9 Å². The van der Waals surface area contributed by atoms with Crippen LogP contribution < -0.4 is 9.64 Å². The maximum Gasteiger partial charge on any atom is 0.372 e. The van der Waals surface area contributed by atoms with Crippen LogP contribution in [0.4, 0.5) is 5.69 Å². The van der Waals surface area contributed by atoms with E-state index in [1.165, 1.54) is 0 Å². The number of carbonyl (C=O) groups excluding carboxylic acids is 1. The van der Waals surface area contributed by atoms with E-state index in [1.54, 1.807) is 0 Å². The standard InChI is InChI=1S/C17H23NO3/c1-5-20-15(19)17-11-10-14(16(2,3)4)18(17)12-8-6-7-9-13(12)21-17/h6-9,14H,5,10-11H2,1-4H3/t14-,17-/m1/s1. The largest absolute Gasteiger partial charge is 0.462 e. The molecular weight excluding hydrogens is 266 g/mol. The van der Waals surface area contributed by atoms with Crippen LogP contribution in [0.1, 0.15) is 40.5 Å². The summed E-state index contributed by atoms with van der Waals surface area (Å²) in [5.74, 6) is 0.507. The van der Waals surface area contributed by atoms with Gasteiger partial charge in [-0.25, -0.2) is 4.79 Å². The molecule has 2 atom stereocenters. The molecule has 0 bridgehead atoms. The number of hydrogen-bond acceptors (Lipinski definition) is 4. The van der Waals surface area contributed by atoms with Crippen molar-refractivity contribution in [3.8, 4) is 5.75 Å². The van der Waals surface area contributed by atoms with Crippen LogP contribution in [-0.4, -0.2) is 24.3 Å². The fourth-order valence-corrected chi connectivity index (χ4v) is 3.53. The number of anilines is 1. The monoisotopic (exact) mass is 289 g/mol. The van der Waals surface area contributed by atoms with Crippen molar-refractivity contribution < 1.29 is 14.3 Å². The summed E-state index contributed by atoms with van der Waals surface area (Å²) >= 11 is 0. The van der Waals surface area contributed by atoms with Crippen LogP contribution in [0.25, 0.3) is 0 Å². The minimum atomic E-state index is -0.975. The van der Waals surface area contributed by atoms with E-state index >= 15 is 0 Å². The predicted molar refractivity (Wildman–Crippen MR) is 81.4 cm³/mol. The Balaban J connectivity index is 2.08. The molecule has 2 aliphatic heterocycles. The lowest BCUT2D eigenvalue weighted by Crippen LogP contribution is -2.57. The zero-order valence-electron chi connectivity index (χ0n) is 13.2. The molecule has 21 heavy (non-hydrogen) atoms. The van der Waals surface area contributed by atoms with Crippen LogP contribution in [0.5, 0.6) is 5.75 Å². The summed E-state index contributed by atoms with van der Waals surface area (Å²) in [6, 6.07) is 8.13. The van der Waals surface area contributed by atoms with E-state index in [4.69, 9.17) is 9.47 Å². The molecule has 114 valence electrons. The fourth-order valence-electron chi connectivity index (χ4n) is 3.53. The Morgan fingerprint density at radius 3 is 2.81 bits per heavy atom. The highest BCUT2D eigenvalue weighted by Gasteiger charge is 2.61. The minimum absolute atomic E-state index is 0.0645. The highest BCUT2D eigenvalue weighted by Crippen LogP contribution is 2.53. The number of esters is 1. The van der Waals surface area contributed by atoms with E-state index in [9.17, 15) is 4.79 Å². The van der Waals surface area contributed by atoms with E-state index in [-0.39, 0.29) is 17.4 Å². The van der Waals surface area contributed by atoms with Crippen LogP contribution in [0.3, 0.4) is 0 Å². The smallest absolute Gasteiger partial charge is 0.372 e. The summed E-state index contributed by atoms with van der Waals surface area (Å²) in [4.78, 5) is 14.8. The summed E-state index contributed by atoms with van der Waals surface area (Å²) in [5, 5.41) is 0. The maximum absolute atomic E-state index is 12.6. The van der Waals surface area contributed by atoms with Crippen LogP contribution in [0.15, 0.2) is 24.3 Å². The molecule has 4 heteroatoms. The zero-order valence-corrected chi connectivity index (χ0v) is 13.2. The van der Waals surface area contributed by atoms with Gasteiger partial charge in [-0.3, -0.25) is 0 Å². The second kappa shape index (κ2) is 4.65. The lowest BCUT2D eigenvalue weighted by Gasteiger charge is -2.38. The number of rotatable bonds is 2. The number of carbonyl (C=O) groups is 1. The third kappa shape index (κ3) is 2.00. The van der Waals surface area contributed by atoms with Gasteiger partial charge in [-0.1, -0.05) is 32.9 Å². The van der Waals surface area contributed by atoms with Crippen molar-refractivity contribution in [1.29, 1.82) is 0 Å². The summed E-state index contributed by atoms with van der Waals surface area (Å²) in [6.07, 6.45) is 1.60. The number of nitrogens with zero attached hydrogens (tertiary/aromatic N) is 1. The molecule has 0 aromatic heterocycles. The number of para-hydroxylation sites is 2. The van der Waals surface area contributed by atoms with Crippen molar-refractivity contribution >= 4 is 11.7 Å². The SMILES string of the molecule is CCOC(=O)[C@]12CC[C@H](C(C)(C)C)N1c1ccccc1O2. The van der Waals surface area contributed by atoms with Gasteiger partial charge in [0.05, 0.1) is 12.3 Å². The zero-order chi connectivity index (χ0) is 15.3. The molecule has 1 saturated heterocycles. The normalized spacial score (nSPS) is 27.0. The molecule has 0 spiro atoms. The predicted octanol–water partition coefficient (Wildman–Crippen LogP) is 3.35. The molecule has 1 fully saturated rings. The van der Waals surface area contributed by atoms with Gasteiger partial charge in [0.2, 0.25) is 0 Å². The molecule has 3 rings (SSSR count). The van der Waals surface area contributed by atoms with Crippen LogP contribution in [-0.2, 0) is 9.53 Å². The van der Waals surface area contributed by atoms with E-state index in [0.29, 0.717) is 13.0 Å². The van der Waals surface area contributed by atoms with Gasteiger partial charge in [-0.2, -0.15) is 0 Å². The van der Waals surface area contributed by atoms with Crippen molar-refractivity contribution in [3.63, 3.8) is 0 Å². The van der Waals surface area contributed by atoms with Crippen molar-refractivity contribution in [2.24, 2.45) is 5.41 Å².